The van der Waals surface area contributed by atoms with Crippen molar-refractivity contribution >= 4 is 0 Å². The largest absolute Gasteiger partial charge is 0.316 e. The Morgan fingerprint density at radius 3 is 2.52 bits per heavy atom. The summed E-state index contributed by atoms with van der Waals surface area (Å²) in [7, 11) is 2.23. The molecule has 3 fully saturated rings. The van der Waals surface area contributed by atoms with Crippen molar-refractivity contribution in [1.82, 2.24) is 25.0 Å². The van der Waals surface area contributed by atoms with E-state index in [4.69, 9.17) is 10.1 Å². The highest BCUT2D eigenvalue weighted by molar-refractivity contribution is 5.05. The summed E-state index contributed by atoms with van der Waals surface area (Å²) in [5, 5.41) is 8.54. The maximum Gasteiger partial charge on any atom is 0.151 e. The standard InChI is InChI=1S/C20H35N5/c1-24-11-8-16(9-12-24)13-19-22-20(18-7-10-21-14-18)25(23-19)15-17-5-3-2-4-6-17/h16-18,21H,2-15H2,1H3/t18-/m0/s1. The quantitative estimate of drug-likeness (QED) is 0.891. The van der Waals surface area contributed by atoms with Gasteiger partial charge in [-0.1, -0.05) is 19.3 Å². The third-order valence-electron chi connectivity index (χ3n) is 6.63. The van der Waals surface area contributed by atoms with Crippen LogP contribution in [0.4, 0.5) is 0 Å². The van der Waals surface area contributed by atoms with E-state index in [1.807, 2.05) is 0 Å². The van der Waals surface area contributed by atoms with Crippen LogP contribution < -0.4 is 5.32 Å². The molecule has 1 saturated carbocycles. The van der Waals surface area contributed by atoms with E-state index >= 15 is 0 Å². The van der Waals surface area contributed by atoms with Gasteiger partial charge in [0.15, 0.2) is 5.82 Å². The van der Waals surface area contributed by atoms with Gasteiger partial charge >= 0.3 is 0 Å². The van der Waals surface area contributed by atoms with Crippen LogP contribution in [-0.2, 0) is 13.0 Å². The topological polar surface area (TPSA) is 46.0 Å². The monoisotopic (exact) mass is 345 g/mol. The van der Waals surface area contributed by atoms with Gasteiger partial charge in [0.25, 0.3) is 0 Å². The predicted octanol–water partition coefficient (Wildman–Crippen LogP) is 2.82. The maximum atomic E-state index is 5.07. The minimum Gasteiger partial charge on any atom is -0.316 e. The van der Waals surface area contributed by atoms with Crippen molar-refractivity contribution in [1.29, 1.82) is 0 Å². The average Bonchev–Trinajstić information content (AvgIpc) is 3.28. The highest BCUT2D eigenvalue weighted by Gasteiger charge is 2.27. The number of nitrogens with one attached hydrogen (secondary N) is 1. The lowest BCUT2D eigenvalue weighted by molar-refractivity contribution is 0.217. The molecule has 140 valence electrons. The Kier molecular flexibility index (Phi) is 5.71. The second-order valence-corrected chi connectivity index (χ2v) is 8.71. The normalized spacial score (nSPS) is 27.2. The zero-order valence-corrected chi connectivity index (χ0v) is 15.9. The number of likely N-dealkylation sites (tertiary alicyclic amines) is 1. The van der Waals surface area contributed by atoms with E-state index in [-0.39, 0.29) is 0 Å². The third kappa shape index (κ3) is 4.43. The van der Waals surface area contributed by atoms with Crippen LogP contribution in [0.15, 0.2) is 0 Å². The second kappa shape index (κ2) is 8.17. The molecule has 0 amide bonds. The molecular formula is C20H35N5. The Hall–Kier alpha value is -0.940. The molecule has 3 heterocycles. The van der Waals surface area contributed by atoms with E-state index in [0.717, 1.165) is 43.7 Å². The van der Waals surface area contributed by atoms with Crippen molar-refractivity contribution in [3.05, 3.63) is 11.6 Å². The lowest BCUT2D eigenvalue weighted by Crippen LogP contribution is -2.31. The van der Waals surface area contributed by atoms with Gasteiger partial charge in [0.05, 0.1) is 0 Å². The van der Waals surface area contributed by atoms with Crippen molar-refractivity contribution in [2.45, 2.75) is 70.3 Å². The molecule has 2 aliphatic heterocycles. The van der Waals surface area contributed by atoms with Gasteiger partial charge in [-0.2, -0.15) is 5.10 Å². The molecule has 0 spiro atoms. The van der Waals surface area contributed by atoms with Gasteiger partial charge in [-0.25, -0.2) is 9.67 Å². The minimum atomic E-state index is 0.572. The SMILES string of the molecule is CN1CCC(Cc2nc([C@H]3CCNC3)n(CC3CCCCC3)n2)CC1. The number of rotatable bonds is 5. The molecule has 0 aromatic carbocycles. The van der Waals surface area contributed by atoms with Crippen LogP contribution in [0.3, 0.4) is 0 Å². The van der Waals surface area contributed by atoms with Crippen molar-refractivity contribution in [3.63, 3.8) is 0 Å². The molecule has 3 aliphatic rings. The molecule has 1 aromatic rings. The van der Waals surface area contributed by atoms with Crippen LogP contribution in [0.1, 0.15) is 68.9 Å². The van der Waals surface area contributed by atoms with Gasteiger partial charge in [-0.15, -0.1) is 0 Å². The number of hydrogen-bond donors (Lipinski definition) is 1. The smallest absolute Gasteiger partial charge is 0.151 e. The van der Waals surface area contributed by atoms with Crippen LogP contribution in [0, 0.1) is 11.8 Å². The van der Waals surface area contributed by atoms with E-state index in [9.17, 15) is 0 Å². The lowest BCUT2D eigenvalue weighted by atomic mass is 9.89. The first kappa shape index (κ1) is 17.5. The average molecular weight is 346 g/mol. The predicted molar refractivity (Wildman–Crippen MR) is 101 cm³/mol. The van der Waals surface area contributed by atoms with Gasteiger partial charge in [-0.05, 0) is 70.6 Å². The Morgan fingerprint density at radius 2 is 1.80 bits per heavy atom. The Balaban J connectivity index is 1.46. The van der Waals surface area contributed by atoms with Gasteiger partial charge in [0.1, 0.15) is 5.82 Å². The summed E-state index contributed by atoms with van der Waals surface area (Å²) in [6.07, 6.45) is 11.9. The zero-order chi connectivity index (χ0) is 17.1. The molecule has 5 nitrogen and oxygen atoms in total. The Labute approximate surface area is 152 Å². The van der Waals surface area contributed by atoms with E-state index in [1.165, 1.54) is 70.3 Å². The maximum absolute atomic E-state index is 5.07. The molecular weight excluding hydrogens is 310 g/mol. The Bertz CT molecular complexity index is 534. The number of piperidine rings is 1. The number of hydrogen-bond acceptors (Lipinski definition) is 4. The highest BCUT2D eigenvalue weighted by atomic mass is 15.4. The number of nitrogens with zero attached hydrogens (tertiary/aromatic N) is 4. The van der Waals surface area contributed by atoms with Crippen LogP contribution in [0.25, 0.3) is 0 Å². The van der Waals surface area contributed by atoms with Crippen molar-refractivity contribution in [2.75, 3.05) is 33.2 Å². The molecule has 0 unspecified atom stereocenters. The fourth-order valence-corrected chi connectivity index (χ4v) is 4.94. The van der Waals surface area contributed by atoms with E-state index in [2.05, 4.69) is 21.9 Å². The summed E-state index contributed by atoms with van der Waals surface area (Å²) in [5.74, 6) is 4.56. The van der Waals surface area contributed by atoms with Gasteiger partial charge in [0.2, 0.25) is 0 Å². The highest BCUT2D eigenvalue weighted by Crippen LogP contribution is 2.28. The summed E-state index contributed by atoms with van der Waals surface area (Å²) in [4.78, 5) is 7.51. The van der Waals surface area contributed by atoms with Crippen LogP contribution >= 0.6 is 0 Å². The molecule has 25 heavy (non-hydrogen) atoms. The molecule has 4 rings (SSSR count). The fraction of sp³-hybridized carbons (Fsp3) is 0.900. The molecule has 0 bridgehead atoms. The zero-order valence-electron chi connectivity index (χ0n) is 15.9. The van der Waals surface area contributed by atoms with Crippen LogP contribution in [0.2, 0.25) is 0 Å². The summed E-state index contributed by atoms with van der Waals surface area (Å²) in [6.45, 7) is 5.77. The van der Waals surface area contributed by atoms with E-state index in [0.29, 0.717) is 5.92 Å². The second-order valence-electron chi connectivity index (χ2n) is 8.71. The molecule has 5 heteroatoms. The molecule has 2 saturated heterocycles. The van der Waals surface area contributed by atoms with Crippen LogP contribution in [0.5, 0.6) is 0 Å². The minimum absolute atomic E-state index is 0.572. The summed E-state index contributed by atoms with van der Waals surface area (Å²) < 4.78 is 2.32. The first-order valence-electron chi connectivity index (χ1n) is 10.6. The summed E-state index contributed by atoms with van der Waals surface area (Å²) in [6, 6.07) is 0. The number of aromatic nitrogens is 3. The molecule has 1 aromatic heterocycles. The van der Waals surface area contributed by atoms with Gasteiger partial charge < -0.3 is 10.2 Å². The summed E-state index contributed by atoms with van der Waals surface area (Å²) in [5.41, 5.74) is 0. The third-order valence-corrected chi connectivity index (χ3v) is 6.63. The summed E-state index contributed by atoms with van der Waals surface area (Å²) >= 11 is 0. The lowest BCUT2D eigenvalue weighted by Gasteiger charge is -2.28. The van der Waals surface area contributed by atoms with Crippen molar-refractivity contribution in [3.8, 4) is 0 Å². The molecule has 1 aliphatic carbocycles. The molecule has 1 atom stereocenters. The van der Waals surface area contributed by atoms with Crippen molar-refractivity contribution < 1.29 is 0 Å². The Morgan fingerprint density at radius 1 is 1.00 bits per heavy atom. The van der Waals surface area contributed by atoms with E-state index < -0.39 is 0 Å². The fourth-order valence-electron chi connectivity index (χ4n) is 4.94. The molecule has 1 N–H and O–H groups in total. The van der Waals surface area contributed by atoms with Gasteiger partial charge in [0, 0.05) is 25.4 Å². The van der Waals surface area contributed by atoms with E-state index in [1.54, 1.807) is 0 Å². The molecule has 0 radical (unpaired) electrons. The van der Waals surface area contributed by atoms with Crippen LogP contribution in [-0.4, -0.2) is 52.9 Å². The van der Waals surface area contributed by atoms with Crippen molar-refractivity contribution in [2.24, 2.45) is 11.8 Å². The first-order valence-corrected chi connectivity index (χ1v) is 10.6. The first-order chi connectivity index (χ1) is 12.3. The van der Waals surface area contributed by atoms with Gasteiger partial charge in [-0.3, -0.25) is 0 Å².